The van der Waals surface area contributed by atoms with E-state index in [-0.39, 0.29) is 17.1 Å². The summed E-state index contributed by atoms with van der Waals surface area (Å²) in [5, 5.41) is 20.4. The molecule has 0 amide bonds. The van der Waals surface area contributed by atoms with Crippen LogP contribution in [-0.4, -0.2) is 64.1 Å². The highest BCUT2D eigenvalue weighted by molar-refractivity contribution is 7.89. The summed E-state index contributed by atoms with van der Waals surface area (Å²) in [5.41, 5.74) is 1.94. The molecule has 29 heavy (non-hydrogen) atoms. The Balaban J connectivity index is 1.98. The highest BCUT2D eigenvalue weighted by atomic mass is 32.2. The number of hydrogen-bond acceptors (Lipinski definition) is 7. The summed E-state index contributed by atoms with van der Waals surface area (Å²) in [5.74, 6) is 0.995. The molecule has 0 spiro atoms. The minimum atomic E-state index is -3.29. The van der Waals surface area contributed by atoms with Crippen LogP contribution in [0.5, 0.6) is 17.2 Å². The first-order chi connectivity index (χ1) is 13.6. The van der Waals surface area contributed by atoms with Gasteiger partial charge < -0.3 is 24.6 Å². The van der Waals surface area contributed by atoms with Crippen molar-refractivity contribution in [2.75, 3.05) is 40.6 Å². The molecule has 0 aliphatic rings. The molecule has 2 aromatic rings. The van der Waals surface area contributed by atoms with E-state index in [2.05, 4.69) is 0 Å². The number of aliphatic hydroxyl groups excluding tert-OH is 1. The van der Waals surface area contributed by atoms with Gasteiger partial charge in [0, 0.05) is 24.9 Å². The van der Waals surface area contributed by atoms with Crippen LogP contribution in [0.15, 0.2) is 36.4 Å². The van der Waals surface area contributed by atoms with Crippen LogP contribution in [-0.2, 0) is 22.0 Å². The number of phenolic OH excluding ortho intramolecular Hbond substituents is 1. The number of aliphatic hydroxyl groups is 1. The standard InChI is InChI=1S/C21H29NO6S/c1-22(10-9-15-5-8-20(27-2)21(11-15)28-3)13-19(24)16-6-7-18(23)17(12-16)14-29(4,25)26/h5-8,11-12,19,23-24H,9-10,13-14H2,1-4H3. The van der Waals surface area contributed by atoms with Gasteiger partial charge in [-0.05, 0) is 48.9 Å². The Morgan fingerprint density at radius 2 is 1.76 bits per heavy atom. The molecule has 1 unspecified atom stereocenters. The van der Waals surface area contributed by atoms with Gasteiger partial charge in [0.05, 0.1) is 26.1 Å². The van der Waals surface area contributed by atoms with Gasteiger partial charge >= 0.3 is 0 Å². The number of likely N-dealkylation sites (N-methyl/N-ethyl adjacent to an activating group) is 1. The van der Waals surface area contributed by atoms with Crippen LogP contribution in [0, 0.1) is 0 Å². The Bertz CT molecular complexity index is 929. The normalized spacial score (nSPS) is 12.8. The van der Waals surface area contributed by atoms with E-state index in [0.717, 1.165) is 18.2 Å². The molecule has 0 saturated heterocycles. The van der Waals surface area contributed by atoms with Crippen molar-refractivity contribution < 1.29 is 28.1 Å². The molecule has 0 fully saturated rings. The lowest BCUT2D eigenvalue weighted by Crippen LogP contribution is -2.26. The van der Waals surface area contributed by atoms with Crippen molar-refractivity contribution in [1.29, 1.82) is 0 Å². The van der Waals surface area contributed by atoms with Gasteiger partial charge in [0.2, 0.25) is 0 Å². The van der Waals surface area contributed by atoms with E-state index in [1.165, 1.54) is 6.07 Å². The number of rotatable bonds is 10. The van der Waals surface area contributed by atoms with Gasteiger partial charge in [0.25, 0.3) is 0 Å². The van der Waals surface area contributed by atoms with Crippen molar-refractivity contribution in [3.05, 3.63) is 53.1 Å². The Morgan fingerprint density at radius 1 is 1.07 bits per heavy atom. The van der Waals surface area contributed by atoms with Gasteiger partial charge in [-0.2, -0.15) is 0 Å². The SMILES string of the molecule is COc1ccc(CCN(C)CC(O)c2ccc(O)c(CS(C)(=O)=O)c2)cc1OC. The number of sulfone groups is 1. The lowest BCUT2D eigenvalue weighted by atomic mass is 10.1. The summed E-state index contributed by atoms with van der Waals surface area (Å²) in [4.78, 5) is 1.99. The van der Waals surface area contributed by atoms with Crippen LogP contribution >= 0.6 is 0 Å². The third-order valence-corrected chi connectivity index (χ3v) is 5.46. The molecule has 2 N–H and O–H groups in total. The molecular weight excluding hydrogens is 394 g/mol. The molecule has 8 heteroatoms. The number of hydrogen-bond donors (Lipinski definition) is 2. The first-order valence-electron chi connectivity index (χ1n) is 9.20. The summed E-state index contributed by atoms with van der Waals surface area (Å²) in [6.07, 6.45) is 1.07. The number of phenols is 1. The summed E-state index contributed by atoms with van der Waals surface area (Å²) in [6, 6.07) is 10.3. The minimum Gasteiger partial charge on any atom is -0.508 e. The van der Waals surface area contributed by atoms with Crippen LogP contribution in [0.25, 0.3) is 0 Å². The van der Waals surface area contributed by atoms with Crippen molar-refractivity contribution in [3.8, 4) is 17.2 Å². The van der Waals surface area contributed by atoms with Gasteiger partial charge in [-0.25, -0.2) is 8.42 Å². The predicted molar refractivity (Wildman–Crippen MR) is 112 cm³/mol. The quantitative estimate of drug-likeness (QED) is 0.604. The van der Waals surface area contributed by atoms with Gasteiger partial charge in [0.1, 0.15) is 5.75 Å². The number of methoxy groups -OCH3 is 2. The van der Waals surface area contributed by atoms with E-state index >= 15 is 0 Å². The molecule has 0 aliphatic heterocycles. The largest absolute Gasteiger partial charge is 0.508 e. The molecule has 0 bridgehead atoms. The molecule has 2 aromatic carbocycles. The molecular formula is C21H29NO6S. The van der Waals surface area contributed by atoms with Crippen LogP contribution in [0.1, 0.15) is 22.8 Å². The van der Waals surface area contributed by atoms with Crippen molar-refractivity contribution in [3.63, 3.8) is 0 Å². The fourth-order valence-corrected chi connectivity index (χ4v) is 3.85. The van der Waals surface area contributed by atoms with Crippen molar-refractivity contribution in [2.45, 2.75) is 18.3 Å². The van der Waals surface area contributed by atoms with Crippen LogP contribution in [0.2, 0.25) is 0 Å². The molecule has 160 valence electrons. The third-order valence-electron chi connectivity index (χ3n) is 4.62. The van der Waals surface area contributed by atoms with Gasteiger partial charge in [-0.3, -0.25) is 0 Å². The number of nitrogens with zero attached hydrogens (tertiary/aromatic N) is 1. The molecule has 0 heterocycles. The molecule has 7 nitrogen and oxygen atoms in total. The second kappa shape index (κ2) is 9.96. The van der Waals surface area contributed by atoms with E-state index < -0.39 is 15.9 Å². The van der Waals surface area contributed by atoms with Crippen LogP contribution < -0.4 is 9.47 Å². The van der Waals surface area contributed by atoms with Crippen molar-refractivity contribution in [2.24, 2.45) is 0 Å². The molecule has 0 aromatic heterocycles. The van der Waals surface area contributed by atoms with E-state index in [1.807, 2.05) is 30.1 Å². The highest BCUT2D eigenvalue weighted by Crippen LogP contribution is 2.28. The van der Waals surface area contributed by atoms with Gasteiger partial charge in [-0.1, -0.05) is 12.1 Å². The second-order valence-corrected chi connectivity index (χ2v) is 9.32. The molecule has 0 aliphatic carbocycles. The highest BCUT2D eigenvalue weighted by Gasteiger charge is 2.15. The first kappa shape index (κ1) is 23.0. The smallest absolute Gasteiger partial charge is 0.160 e. The van der Waals surface area contributed by atoms with Gasteiger partial charge in [0.15, 0.2) is 21.3 Å². The molecule has 0 radical (unpaired) electrons. The summed E-state index contributed by atoms with van der Waals surface area (Å²) >= 11 is 0. The maximum atomic E-state index is 11.5. The zero-order chi connectivity index (χ0) is 21.6. The lowest BCUT2D eigenvalue weighted by Gasteiger charge is -2.21. The monoisotopic (exact) mass is 423 g/mol. The number of benzene rings is 2. The molecule has 1 atom stereocenters. The first-order valence-corrected chi connectivity index (χ1v) is 11.3. The average Bonchev–Trinajstić information content (AvgIpc) is 2.66. The summed E-state index contributed by atoms with van der Waals surface area (Å²) in [7, 11) is 1.81. The minimum absolute atomic E-state index is 0.0896. The predicted octanol–water partition coefficient (Wildman–Crippen LogP) is 2.16. The Labute approximate surface area is 172 Å². The fourth-order valence-electron chi connectivity index (χ4n) is 3.06. The second-order valence-electron chi connectivity index (χ2n) is 7.18. The maximum Gasteiger partial charge on any atom is 0.160 e. The van der Waals surface area contributed by atoms with E-state index in [4.69, 9.17) is 9.47 Å². The topological polar surface area (TPSA) is 96.3 Å². The number of aromatic hydroxyl groups is 1. The lowest BCUT2D eigenvalue weighted by molar-refractivity contribution is 0.127. The Morgan fingerprint density at radius 3 is 2.38 bits per heavy atom. The van der Waals surface area contributed by atoms with E-state index in [1.54, 1.807) is 26.4 Å². The zero-order valence-corrected chi connectivity index (χ0v) is 18.1. The van der Waals surface area contributed by atoms with E-state index in [0.29, 0.717) is 30.2 Å². The van der Waals surface area contributed by atoms with Crippen LogP contribution in [0.4, 0.5) is 0 Å². The number of ether oxygens (including phenoxy) is 2. The van der Waals surface area contributed by atoms with Crippen LogP contribution in [0.3, 0.4) is 0 Å². The third kappa shape index (κ3) is 6.92. The Hall–Kier alpha value is -2.29. The summed E-state index contributed by atoms with van der Waals surface area (Å²) in [6.45, 7) is 1.08. The van der Waals surface area contributed by atoms with Crippen molar-refractivity contribution in [1.82, 2.24) is 4.90 Å². The molecule has 0 saturated carbocycles. The van der Waals surface area contributed by atoms with E-state index in [9.17, 15) is 18.6 Å². The summed E-state index contributed by atoms with van der Waals surface area (Å²) < 4.78 is 33.6. The zero-order valence-electron chi connectivity index (χ0n) is 17.3. The maximum absolute atomic E-state index is 11.5. The Kier molecular flexibility index (Phi) is 7.89. The fraction of sp³-hybridized carbons (Fsp3) is 0.429. The van der Waals surface area contributed by atoms with Crippen molar-refractivity contribution >= 4 is 9.84 Å². The molecule has 2 rings (SSSR count). The van der Waals surface area contributed by atoms with Gasteiger partial charge in [-0.15, -0.1) is 0 Å². The average molecular weight is 424 g/mol.